The van der Waals surface area contributed by atoms with E-state index in [-0.39, 0.29) is 19.1 Å². The van der Waals surface area contributed by atoms with E-state index in [4.69, 9.17) is 10.4 Å². The number of carbonyl (C=O) groups is 1. The van der Waals surface area contributed by atoms with Gasteiger partial charge in [-0.2, -0.15) is 5.26 Å². The standard InChI is InChI=1S/C11H21N3O2/c1-10(2)8-14(6-3-4-12)9-11(16)13-5-7-15/h10,15H,3,5-9H2,1-2H3,(H,13,16). The lowest BCUT2D eigenvalue weighted by Gasteiger charge is -2.22. The normalized spacial score (nSPS) is 10.5. The van der Waals surface area contributed by atoms with Gasteiger partial charge in [0.05, 0.1) is 19.2 Å². The van der Waals surface area contributed by atoms with Crippen molar-refractivity contribution in [3.05, 3.63) is 0 Å². The van der Waals surface area contributed by atoms with Gasteiger partial charge in [0.15, 0.2) is 0 Å². The number of hydrogen-bond donors (Lipinski definition) is 2. The molecule has 2 N–H and O–H groups in total. The number of hydrogen-bond acceptors (Lipinski definition) is 4. The first kappa shape index (κ1) is 14.9. The van der Waals surface area contributed by atoms with Crippen molar-refractivity contribution in [2.75, 3.05) is 32.8 Å². The molecule has 0 rings (SSSR count). The number of aliphatic hydroxyl groups excluding tert-OH is 1. The van der Waals surface area contributed by atoms with Gasteiger partial charge >= 0.3 is 0 Å². The van der Waals surface area contributed by atoms with E-state index in [2.05, 4.69) is 25.2 Å². The highest BCUT2D eigenvalue weighted by molar-refractivity contribution is 5.77. The number of aliphatic hydroxyl groups is 1. The van der Waals surface area contributed by atoms with Crippen LogP contribution >= 0.6 is 0 Å². The predicted molar refractivity (Wildman–Crippen MR) is 61.6 cm³/mol. The Balaban J connectivity index is 3.98. The topological polar surface area (TPSA) is 76.4 Å². The lowest BCUT2D eigenvalue weighted by Crippen LogP contribution is -2.40. The van der Waals surface area contributed by atoms with E-state index in [0.717, 1.165) is 6.54 Å². The Morgan fingerprint density at radius 1 is 1.56 bits per heavy atom. The maximum absolute atomic E-state index is 11.4. The van der Waals surface area contributed by atoms with Crippen molar-refractivity contribution in [1.29, 1.82) is 5.26 Å². The molecule has 0 aliphatic rings. The summed E-state index contributed by atoms with van der Waals surface area (Å²) in [6.07, 6.45) is 0.431. The van der Waals surface area contributed by atoms with Crippen LogP contribution in [0.5, 0.6) is 0 Å². The molecule has 0 bridgehead atoms. The summed E-state index contributed by atoms with van der Waals surface area (Å²) in [6.45, 7) is 6.09. The van der Waals surface area contributed by atoms with E-state index in [1.165, 1.54) is 0 Å². The molecule has 0 radical (unpaired) electrons. The van der Waals surface area contributed by atoms with Crippen LogP contribution in [0.25, 0.3) is 0 Å². The fourth-order valence-corrected chi connectivity index (χ4v) is 1.41. The maximum Gasteiger partial charge on any atom is 0.234 e. The van der Waals surface area contributed by atoms with Crippen LogP contribution in [0.2, 0.25) is 0 Å². The van der Waals surface area contributed by atoms with Gasteiger partial charge in [-0.15, -0.1) is 0 Å². The third kappa shape index (κ3) is 8.21. The van der Waals surface area contributed by atoms with Crippen LogP contribution in [0.15, 0.2) is 0 Å². The van der Waals surface area contributed by atoms with Gasteiger partial charge in [-0.1, -0.05) is 13.8 Å². The molecule has 0 aliphatic carbocycles. The van der Waals surface area contributed by atoms with Crippen molar-refractivity contribution in [1.82, 2.24) is 10.2 Å². The van der Waals surface area contributed by atoms with E-state index < -0.39 is 0 Å². The minimum atomic E-state index is -0.104. The molecule has 0 saturated carbocycles. The minimum absolute atomic E-state index is 0.0475. The number of nitrogens with zero attached hydrogens (tertiary/aromatic N) is 2. The van der Waals surface area contributed by atoms with Crippen molar-refractivity contribution in [3.8, 4) is 6.07 Å². The number of amides is 1. The lowest BCUT2D eigenvalue weighted by molar-refractivity contribution is -0.122. The first-order valence-corrected chi connectivity index (χ1v) is 5.57. The summed E-state index contributed by atoms with van der Waals surface area (Å²) in [5.41, 5.74) is 0. The monoisotopic (exact) mass is 227 g/mol. The molecule has 5 nitrogen and oxygen atoms in total. The van der Waals surface area contributed by atoms with Crippen LogP contribution in [-0.2, 0) is 4.79 Å². The fourth-order valence-electron chi connectivity index (χ4n) is 1.41. The average molecular weight is 227 g/mol. The average Bonchev–Trinajstić information content (AvgIpc) is 2.22. The summed E-state index contributed by atoms with van der Waals surface area (Å²) in [5, 5.41) is 19.7. The summed E-state index contributed by atoms with van der Waals surface area (Å²) in [5.74, 6) is 0.358. The summed E-state index contributed by atoms with van der Waals surface area (Å²) < 4.78 is 0. The Bertz CT molecular complexity index is 236. The Hall–Kier alpha value is -1.12. The third-order valence-corrected chi connectivity index (χ3v) is 1.96. The molecule has 5 heteroatoms. The van der Waals surface area contributed by atoms with Crippen molar-refractivity contribution >= 4 is 5.91 Å². The molecule has 0 atom stereocenters. The Morgan fingerprint density at radius 3 is 2.75 bits per heavy atom. The second-order valence-corrected chi connectivity index (χ2v) is 4.11. The van der Waals surface area contributed by atoms with Crippen molar-refractivity contribution in [2.24, 2.45) is 5.92 Å². The summed E-state index contributed by atoms with van der Waals surface area (Å²) >= 11 is 0. The minimum Gasteiger partial charge on any atom is -0.395 e. The molecule has 0 aliphatic heterocycles. The van der Waals surface area contributed by atoms with Crippen LogP contribution in [0.1, 0.15) is 20.3 Å². The van der Waals surface area contributed by atoms with Gasteiger partial charge in [-0.3, -0.25) is 9.69 Å². The summed E-state index contributed by atoms with van der Waals surface area (Å²) in [6, 6.07) is 2.07. The Morgan fingerprint density at radius 2 is 2.25 bits per heavy atom. The van der Waals surface area contributed by atoms with E-state index in [0.29, 0.717) is 25.4 Å². The third-order valence-electron chi connectivity index (χ3n) is 1.96. The van der Waals surface area contributed by atoms with Crippen LogP contribution in [0, 0.1) is 17.2 Å². The van der Waals surface area contributed by atoms with Crippen LogP contribution in [0.3, 0.4) is 0 Å². The predicted octanol–water partition coefficient (Wildman–Crippen LogP) is -0.0334. The summed E-state index contributed by atoms with van der Waals surface area (Å²) in [4.78, 5) is 13.4. The molecule has 0 spiro atoms. The highest BCUT2D eigenvalue weighted by Gasteiger charge is 2.11. The lowest BCUT2D eigenvalue weighted by atomic mass is 10.2. The zero-order valence-corrected chi connectivity index (χ0v) is 10.1. The molecule has 16 heavy (non-hydrogen) atoms. The van der Waals surface area contributed by atoms with Crippen LogP contribution in [-0.4, -0.2) is 48.7 Å². The van der Waals surface area contributed by atoms with Gasteiger partial charge in [0.2, 0.25) is 5.91 Å². The number of nitrogens with one attached hydrogen (secondary N) is 1. The van der Waals surface area contributed by atoms with Gasteiger partial charge in [-0.05, 0) is 5.92 Å². The SMILES string of the molecule is CC(C)CN(CCC#N)CC(=O)NCCO. The van der Waals surface area contributed by atoms with Crippen molar-refractivity contribution in [3.63, 3.8) is 0 Å². The van der Waals surface area contributed by atoms with Gasteiger partial charge in [0, 0.05) is 26.1 Å². The highest BCUT2D eigenvalue weighted by Crippen LogP contribution is 1.99. The molecule has 1 amide bonds. The summed E-state index contributed by atoms with van der Waals surface area (Å²) in [7, 11) is 0. The van der Waals surface area contributed by atoms with Gasteiger partial charge < -0.3 is 10.4 Å². The second-order valence-electron chi connectivity index (χ2n) is 4.11. The first-order chi connectivity index (χ1) is 7.60. The molecule has 0 aromatic heterocycles. The van der Waals surface area contributed by atoms with E-state index in [1.807, 2.05) is 4.90 Å². The number of rotatable bonds is 8. The van der Waals surface area contributed by atoms with Gasteiger partial charge in [0.25, 0.3) is 0 Å². The zero-order chi connectivity index (χ0) is 12.4. The molecular formula is C11H21N3O2. The molecule has 0 saturated heterocycles. The van der Waals surface area contributed by atoms with E-state index in [9.17, 15) is 4.79 Å². The molecule has 0 unspecified atom stereocenters. The van der Waals surface area contributed by atoms with Gasteiger partial charge in [-0.25, -0.2) is 0 Å². The molecule has 92 valence electrons. The van der Waals surface area contributed by atoms with Crippen molar-refractivity contribution in [2.45, 2.75) is 20.3 Å². The molecule has 0 aromatic carbocycles. The first-order valence-electron chi connectivity index (χ1n) is 5.57. The van der Waals surface area contributed by atoms with Crippen LogP contribution in [0.4, 0.5) is 0 Å². The Labute approximate surface area is 97.0 Å². The fraction of sp³-hybridized carbons (Fsp3) is 0.818. The highest BCUT2D eigenvalue weighted by atomic mass is 16.3. The quantitative estimate of drug-likeness (QED) is 0.610. The smallest absolute Gasteiger partial charge is 0.234 e. The van der Waals surface area contributed by atoms with Gasteiger partial charge in [0.1, 0.15) is 0 Å². The number of carbonyl (C=O) groups excluding carboxylic acids is 1. The zero-order valence-electron chi connectivity index (χ0n) is 10.1. The number of nitriles is 1. The Kier molecular flexibility index (Phi) is 8.49. The molecule has 0 fully saturated rings. The molecular weight excluding hydrogens is 206 g/mol. The van der Waals surface area contributed by atoms with Crippen molar-refractivity contribution < 1.29 is 9.90 Å². The largest absolute Gasteiger partial charge is 0.395 e. The maximum atomic E-state index is 11.4. The van der Waals surface area contributed by atoms with E-state index in [1.54, 1.807) is 0 Å². The molecule has 0 aromatic rings. The molecule has 0 heterocycles. The van der Waals surface area contributed by atoms with E-state index >= 15 is 0 Å². The second kappa shape index (κ2) is 9.13. The van der Waals surface area contributed by atoms with Crippen LogP contribution < -0.4 is 5.32 Å².